The molecule has 2 rings (SSSR count). The maximum Gasteiger partial charge on any atom is 0.358 e. The Hall–Kier alpha value is -0.940. The van der Waals surface area contributed by atoms with E-state index < -0.39 is 0 Å². The lowest BCUT2D eigenvalue weighted by molar-refractivity contribution is 0.0338. The molecular formula is C9H12N2O2S. The van der Waals surface area contributed by atoms with Crippen LogP contribution in [-0.2, 0) is 4.74 Å². The van der Waals surface area contributed by atoms with E-state index in [0.29, 0.717) is 5.69 Å². The van der Waals surface area contributed by atoms with Crippen LogP contribution in [0.3, 0.4) is 0 Å². The van der Waals surface area contributed by atoms with E-state index in [9.17, 15) is 4.79 Å². The predicted molar refractivity (Wildman–Crippen MR) is 53.5 cm³/mol. The number of rotatable bonds is 2. The third-order valence-electron chi connectivity index (χ3n) is 2.12. The number of nitrogens with one attached hydrogen (secondary N) is 1. The Balaban J connectivity index is 1.95. The van der Waals surface area contributed by atoms with Gasteiger partial charge in [-0.05, 0) is 19.9 Å². The van der Waals surface area contributed by atoms with Crippen molar-refractivity contribution in [3.63, 3.8) is 0 Å². The molecule has 1 aromatic rings. The van der Waals surface area contributed by atoms with Crippen molar-refractivity contribution in [1.29, 1.82) is 0 Å². The Morgan fingerprint density at radius 1 is 1.79 bits per heavy atom. The fourth-order valence-corrected chi connectivity index (χ4v) is 1.98. The van der Waals surface area contributed by atoms with Crippen molar-refractivity contribution in [3.8, 4) is 0 Å². The quantitative estimate of drug-likeness (QED) is 0.742. The molecule has 0 aliphatic carbocycles. The number of carbonyl (C=O) groups excluding carboxylic acids is 1. The highest BCUT2D eigenvalue weighted by atomic mass is 32.1. The van der Waals surface area contributed by atoms with Crippen LogP contribution in [0.25, 0.3) is 0 Å². The van der Waals surface area contributed by atoms with Gasteiger partial charge >= 0.3 is 5.97 Å². The molecule has 1 aromatic heterocycles. The summed E-state index contributed by atoms with van der Waals surface area (Å²) in [6, 6.07) is 0. The molecule has 0 aromatic carbocycles. The first-order chi connectivity index (χ1) is 6.75. The van der Waals surface area contributed by atoms with Gasteiger partial charge in [-0.1, -0.05) is 0 Å². The molecule has 0 amide bonds. The third-order valence-corrected chi connectivity index (χ3v) is 2.89. The van der Waals surface area contributed by atoms with E-state index >= 15 is 0 Å². The summed E-state index contributed by atoms with van der Waals surface area (Å²) in [6.07, 6.45) is 0.916. The Bertz CT molecular complexity index is 331. The van der Waals surface area contributed by atoms with Crippen LogP contribution in [0.5, 0.6) is 0 Å². The standard InChI is InChI=1S/C9H12N2O2S/c1-6-11-8(5-14-6)9(12)13-7-2-3-10-4-7/h5,7,10H,2-4H2,1H3/t7-/m1/s1. The molecular weight excluding hydrogens is 200 g/mol. The molecule has 1 fully saturated rings. The lowest BCUT2D eigenvalue weighted by Crippen LogP contribution is -2.21. The minimum Gasteiger partial charge on any atom is -0.456 e. The first-order valence-electron chi connectivity index (χ1n) is 4.59. The Morgan fingerprint density at radius 2 is 2.64 bits per heavy atom. The normalized spacial score (nSPS) is 21.1. The van der Waals surface area contributed by atoms with Gasteiger partial charge in [0.25, 0.3) is 0 Å². The Morgan fingerprint density at radius 3 is 3.21 bits per heavy atom. The fourth-order valence-electron chi connectivity index (χ4n) is 1.40. The molecule has 4 nitrogen and oxygen atoms in total. The second-order valence-corrected chi connectivity index (χ2v) is 4.33. The van der Waals surface area contributed by atoms with E-state index in [2.05, 4.69) is 10.3 Å². The number of hydrogen-bond donors (Lipinski definition) is 1. The van der Waals surface area contributed by atoms with Gasteiger partial charge in [0.1, 0.15) is 6.10 Å². The van der Waals surface area contributed by atoms with Crippen molar-refractivity contribution in [2.24, 2.45) is 0 Å². The van der Waals surface area contributed by atoms with Crippen molar-refractivity contribution in [2.75, 3.05) is 13.1 Å². The smallest absolute Gasteiger partial charge is 0.358 e. The molecule has 0 saturated carbocycles. The molecule has 14 heavy (non-hydrogen) atoms. The SMILES string of the molecule is Cc1nc(C(=O)O[C@@H]2CCNC2)cs1. The van der Waals surface area contributed by atoms with Gasteiger partial charge in [-0.2, -0.15) is 0 Å². The number of hydrogen-bond acceptors (Lipinski definition) is 5. The number of aryl methyl sites for hydroxylation is 1. The topological polar surface area (TPSA) is 51.2 Å². The summed E-state index contributed by atoms with van der Waals surface area (Å²) in [5.74, 6) is -0.303. The molecule has 0 radical (unpaired) electrons. The van der Waals surface area contributed by atoms with Crippen LogP contribution in [0.4, 0.5) is 0 Å². The Labute approximate surface area is 86.3 Å². The minimum atomic E-state index is -0.303. The van der Waals surface area contributed by atoms with Crippen LogP contribution >= 0.6 is 11.3 Å². The first kappa shape index (κ1) is 9.61. The molecule has 1 aliphatic rings. The first-order valence-corrected chi connectivity index (χ1v) is 5.47. The highest BCUT2D eigenvalue weighted by Crippen LogP contribution is 2.11. The van der Waals surface area contributed by atoms with Gasteiger partial charge in [-0.15, -0.1) is 11.3 Å². The van der Waals surface area contributed by atoms with Gasteiger partial charge in [0.15, 0.2) is 5.69 Å². The number of aromatic nitrogens is 1. The summed E-state index contributed by atoms with van der Waals surface area (Å²) >= 11 is 1.46. The van der Waals surface area contributed by atoms with E-state index in [1.54, 1.807) is 5.38 Å². The van der Waals surface area contributed by atoms with Crippen LogP contribution in [0.2, 0.25) is 0 Å². The van der Waals surface area contributed by atoms with Crippen LogP contribution in [0, 0.1) is 6.92 Å². The zero-order valence-electron chi connectivity index (χ0n) is 7.95. The highest BCUT2D eigenvalue weighted by Gasteiger charge is 2.20. The van der Waals surface area contributed by atoms with Crippen LogP contribution < -0.4 is 5.32 Å². The molecule has 0 unspecified atom stereocenters. The summed E-state index contributed by atoms with van der Waals surface area (Å²) < 4.78 is 5.25. The summed E-state index contributed by atoms with van der Waals surface area (Å²) in [5, 5.41) is 5.77. The van der Waals surface area contributed by atoms with Crippen LogP contribution in [-0.4, -0.2) is 30.1 Å². The number of nitrogens with zero attached hydrogens (tertiary/aromatic N) is 1. The minimum absolute atomic E-state index is 0.0181. The lowest BCUT2D eigenvalue weighted by atomic mass is 10.3. The van der Waals surface area contributed by atoms with E-state index in [0.717, 1.165) is 24.5 Å². The molecule has 0 bridgehead atoms. The van der Waals surface area contributed by atoms with E-state index in [1.807, 2.05) is 6.92 Å². The molecule has 76 valence electrons. The molecule has 5 heteroatoms. The van der Waals surface area contributed by atoms with Gasteiger partial charge < -0.3 is 10.1 Å². The molecule has 0 spiro atoms. The third kappa shape index (κ3) is 2.10. The highest BCUT2D eigenvalue weighted by molar-refractivity contribution is 7.09. The number of ether oxygens (including phenoxy) is 1. The maximum absolute atomic E-state index is 11.5. The summed E-state index contributed by atoms with van der Waals surface area (Å²) in [7, 11) is 0. The summed E-state index contributed by atoms with van der Waals surface area (Å²) in [6.45, 7) is 3.56. The van der Waals surface area contributed by atoms with Crippen molar-refractivity contribution >= 4 is 17.3 Å². The lowest BCUT2D eigenvalue weighted by Gasteiger charge is -2.08. The van der Waals surface area contributed by atoms with Crippen LogP contribution in [0.1, 0.15) is 21.9 Å². The van der Waals surface area contributed by atoms with E-state index in [4.69, 9.17) is 4.74 Å². The maximum atomic E-state index is 11.5. The number of thiazole rings is 1. The van der Waals surface area contributed by atoms with Crippen LogP contribution in [0.15, 0.2) is 5.38 Å². The predicted octanol–water partition coefficient (Wildman–Crippen LogP) is 0.970. The number of esters is 1. The summed E-state index contributed by atoms with van der Waals surface area (Å²) in [5.41, 5.74) is 0.430. The van der Waals surface area contributed by atoms with E-state index in [1.165, 1.54) is 11.3 Å². The van der Waals surface area contributed by atoms with Gasteiger partial charge in [0.05, 0.1) is 5.01 Å². The van der Waals surface area contributed by atoms with Gasteiger partial charge in [-0.25, -0.2) is 9.78 Å². The van der Waals surface area contributed by atoms with Gasteiger partial charge in [-0.3, -0.25) is 0 Å². The second kappa shape index (κ2) is 4.06. The molecule has 1 N–H and O–H groups in total. The van der Waals surface area contributed by atoms with E-state index in [-0.39, 0.29) is 12.1 Å². The zero-order valence-corrected chi connectivity index (χ0v) is 8.76. The fraction of sp³-hybridized carbons (Fsp3) is 0.556. The zero-order chi connectivity index (χ0) is 9.97. The van der Waals surface area contributed by atoms with Crippen molar-refractivity contribution < 1.29 is 9.53 Å². The molecule has 1 saturated heterocycles. The van der Waals surface area contributed by atoms with Gasteiger partial charge in [0, 0.05) is 11.9 Å². The van der Waals surface area contributed by atoms with Crippen molar-refractivity contribution in [3.05, 3.63) is 16.1 Å². The average molecular weight is 212 g/mol. The largest absolute Gasteiger partial charge is 0.456 e. The second-order valence-electron chi connectivity index (χ2n) is 3.27. The average Bonchev–Trinajstić information content (AvgIpc) is 2.75. The number of carbonyl (C=O) groups is 1. The molecule has 2 heterocycles. The monoisotopic (exact) mass is 212 g/mol. The van der Waals surface area contributed by atoms with Gasteiger partial charge in [0.2, 0.25) is 0 Å². The Kier molecular flexibility index (Phi) is 2.79. The molecule has 1 aliphatic heterocycles. The van der Waals surface area contributed by atoms with Crippen molar-refractivity contribution in [1.82, 2.24) is 10.3 Å². The van der Waals surface area contributed by atoms with Crippen molar-refractivity contribution in [2.45, 2.75) is 19.4 Å². The summed E-state index contributed by atoms with van der Waals surface area (Å²) in [4.78, 5) is 15.6. The molecule has 1 atom stereocenters.